The molecule has 1 saturated carbocycles. The summed E-state index contributed by atoms with van der Waals surface area (Å²) >= 11 is 0. The van der Waals surface area contributed by atoms with Crippen molar-refractivity contribution in [1.29, 1.82) is 0 Å². The summed E-state index contributed by atoms with van der Waals surface area (Å²) in [5.41, 5.74) is -1.04. The standard InChI is InChI=1S/C19H30N4O4/c24-17-16(14-20-8-5-9-22-10-12-27-13-11-22)18(25)23(19(26)21-17)15-6-3-1-2-4-7-15/h14-15,25H,1-13H2,(H,21,24,26). The van der Waals surface area contributed by atoms with E-state index < -0.39 is 11.2 Å². The Kier molecular flexibility index (Phi) is 7.23. The highest BCUT2D eigenvalue weighted by atomic mass is 16.5. The lowest BCUT2D eigenvalue weighted by Crippen LogP contribution is -2.37. The summed E-state index contributed by atoms with van der Waals surface area (Å²) in [6.45, 7) is 4.93. The summed E-state index contributed by atoms with van der Waals surface area (Å²) in [6.07, 6.45) is 8.31. The normalized spacial score (nSPS) is 20.1. The van der Waals surface area contributed by atoms with Gasteiger partial charge < -0.3 is 9.84 Å². The molecule has 2 aliphatic rings. The van der Waals surface area contributed by atoms with Crippen LogP contribution in [0.5, 0.6) is 5.88 Å². The van der Waals surface area contributed by atoms with Crippen molar-refractivity contribution >= 4 is 6.21 Å². The van der Waals surface area contributed by atoms with Crippen LogP contribution < -0.4 is 11.2 Å². The highest BCUT2D eigenvalue weighted by Crippen LogP contribution is 2.28. The highest BCUT2D eigenvalue weighted by molar-refractivity contribution is 5.81. The third kappa shape index (κ3) is 5.29. The highest BCUT2D eigenvalue weighted by Gasteiger charge is 2.21. The number of aliphatic imine (C=N–C) groups is 1. The summed E-state index contributed by atoms with van der Waals surface area (Å²) < 4.78 is 6.67. The number of hydrogen-bond acceptors (Lipinski definition) is 6. The summed E-state index contributed by atoms with van der Waals surface area (Å²) in [5, 5.41) is 10.6. The molecule has 1 saturated heterocycles. The molecule has 2 fully saturated rings. The van der Waals surface area contributed by atoms with Crippen LogP contribution in [0.4, 0.5) is 0 Å². The molecule has 2 N–H and O–H groups in total. The molecule has 1 aromatic heterocycles. The number of aromatic nitrogens is 2. The van der Waals surface area contributed by atoms with Gasteiger partial charge in [-0.2, -0.15) is 0 Å². The number of H-pyrrole nitrogens is 1. The summed E-state index contributed by atoms with van der Waals surface area (Å²) in [5.74, 6) is -0.257. The fourth-order valence-electron chi connectivity index (χ4n) is 3.89. The van der Waals surface area contributed by atoms with Crippen LogP contribution in [0.2, 0.25) is 0 Å². The van der Waals surface area contributed by atoms with E-state index in [0.29, 0.717) is 6.54 Å². The van der Waals surface area contributed by atoms with Crippen LogP contribution >= 0.6 is 0 Å². The van der Waals surface area contributed by atoms with Crippen molar-refractivity contribution in [3.8, 4) is 5.88 Å². The number of aromatic hydroxyl groups is 1. The Bertz CT molecular complexity index is 741. The quantitative estimate of drug-likeness (QED) is 0.441. The van der Waals surface area contributed by atoms with Crippen LogP contribution in [0.3, 0.4) is 0 Å². The first-order valence-electron chi connectivity index (χ1n) is 10.0. The molecule has 1 aliphatic carbocycles. The van der Waals surface area contributed by atoms with Crippen LogP contribution in [-0.4, -0.2) is 65.2 Å². The Morgan fingerprint density at radius 3 is 2.56 bits per heavy atom. The van der Waals surface area contributed by atoms with Crippen LogP contribution in [0.1, 0.15) is 56.6 Å². The largest absolute Gasteiger partial charge is 0.494 e. The second-order valence-corrected chi connectivity index (χ2v) is 7.35. The molecule has 27 heavy (non-hydrogen) atoms. The Balaban J connectivity index is 1.66. The molecular formula is C19H30N4O4. The molecule has 0 atom stereocenters. The molecule has 0 bridgehead atoms. The maximum absolute atomic E-state index is 12.3. The minimum absolute atomic E-state index is 0.0645. The van der Waals surface area contributed by atoms with Crippen molar-refractivity contribution in [2.24, 2.45) is 4.99 Å². The van der Waals surface area contributed by atoms with Gasteiger partial charge in [0.15, 0.2) is 0 Å². The molecule has 1 aliphatic heterocycles. The van der Waals surface area contributed by atoms with E-state index in [1.807, 2.05) is 0 Å². The van der Waals surface area contributed by atoms with Gasteiger partial charge in [-0.05, 0) is 19.3 Å². The molecule has 0 aromatic carbocycles. The molecule has 8 heteroatoms. The number of morpholine rings is 1. The molecule has 2 heterocycles. The van der Waals surface area contributed by atoms with Gasteiger partial charge in [-0.15, -0.1) is 0 Å². The van der Waals surface area contributed by atoms with Crippen molar-refractivity contribution in [1.82, 2.24) is 14.5 Å². The van der Waals surface area contributed by atoms with E-state index in [1.54, 1.807) is 0 Å². The minimum atomic E-state index is -0.584. The van der Waals surface area contributed by atoms with Gasteiger partial charge in [0.1, 0.15) is 5.56 Å². The molecule has 0 spiro atoms. The number of nitrogens with one attached hydrogen (secondary N) is 1. The molecule has 0 amide bonds. The van der Waals surface area contributed by atoms with Crippen LogP contribution in [0, 0.1) is 0 Å². The third-order valence-corrected chi connectivity index (χ3v) is 5.43. The number of ether oxygens (including phenoxy) is 1. The Hall–Kier alpha value is -1.93. The van der Waals surface area contributed by atoms with Crippen LogP contribution in [-0.2, 0) is 4.74 Å². The molecule has 0 unspecified atom stereocenters. The predicted molar refractivity (Wildman–Crippen MR) is 104 cm³/mol. The zero-order chi connectivity index (χ0) is 19.1. The molecular weight excluding hydrogens is 348 g/mol. The van der Waals surface area contributed by atoms with Crippen molar-refractivity contribution in [3.05, 3.63) is 26.4 Å². The summed E-state index contributed by atoms with van der Waals surface area (Å²) in [6, 6.07) is -0.0645. The van der Waals surface area contributed by atoms with Gasteiger partial charge in [0.05, 0.1) is 13.2 Å². The van der Waals surface area contributed by atoms with E-state index in [4.69, 9.17) is 4.74 Å². The smallest absolute Gasteiger partial charge is 0.331 e. The monoisotopic (exact) mass is 378 g/mol. The lowest BCUT2D eigenvalue weighted by molar-refractivity contribution is 0.0377. The topological polar surface area (TPSA) is 99.9 Å². The second kappa shape index (κ2) is 9.85. The lowest BCUT2D eigenvalue weighted by Gasteiger charge is -2.26. The minimum Gasteiger partial charge on any atom is -0.494 e. The van der Waals surface area contributed by atoms with Gasteiger partial charge in [-0.1, -0.05) is 25.7 Å². The van der Waals surface area contributed by atoms with Gasteiger partial charge in [0.2, 0.25) is 5.88 Å². The average Bonchev–Trinajstić information content (AvgIpc) is 2.94. The second-order valence-electron chi connectivity index (χ2n) is 7.35. The predicted octanol–water partition coefficient (Wildman–Crippen LogP) is 1.28. The number of nitrogens with zero attached hydrogens (tertiary/aromatic N) is 3. The molecule has 1 aromatic rings. The Labute approximate surface area is 158 Å². The van der Waals surface area contributed by atoms with E-state index in [1.165, 1.54) is 10.8 Å². The summed E-state index contributed by atoms with van der Waals surface area (Å²) in [4.78, 5) is 33.4. The van der Waals surface area contributed by atoms with Gasteiger partial charge in [0, 0.05) is 38.4 Å². The lowest BCUT2D eigenvalue weighted by atomic mass is 10.1. The number of rotatable bonds is 6. The van der Waals surface area contributed by atoms with Crippen molar-refractivity contribution < 1.29 is 9.84 Å². The average molecular weight is 378 g/mol. The number of aromatic amines is 1. The van der Waals surface area contributed by atoms with Crippen molar-refractivity contribution in [3.63, 3.8) is 0 Å². The SMILES string of the molecule is O=c1[nH]c(=O)n(C2CCCCCC2)c(O)c1C=NCCCN1CCOCC1. The molecule has 3 rings (SSSR count). The first-order chi connectivity index (χ1) is 13.2. The fourth-order valence-corrected chi connectivity index (χ4v) is 3.89. The molecule has 0 radical (unpaired) electrons. The zero-order valence-corrected chi connectivity index (χ0v) is 15.9. The summed E-state index contributed by atoms with van der Waals surface area (Å²) in [7, 11) is 0. The van der Waals surface area contributed by atoms with Gasteiger partial charge in [-0.3, -0.25) is 24.2 Å². The maximum Gasteiger partial charge on any atom is 0.331 e. The van der Waals surface area contributed by atoms with E-state index in [9.17, 15) is 14.7 Å². The maximum atomic E-state index is 12.3. The zero-order valence-electron chi connectivity index (χ0n) is 15.9. The van der Waals surface area contributed by atoms with E-state index in [0.717, 1.165) is 77.8 Å². The number of hydrogen-bond donors (Lipinski definition) is 2. The molecule has 150 valence electrons. The first kappa shape index (κ1) is 19.8. The van der Waals surface area contributed by atoms with E-state index >= 15 is 0 Å². The van der Waals surface area contributed by atoms with Crippen LogP contribution in [0.25, 0.3) is 0 Å². The third-order valence-electron chi connectivity index (χ3n) is 5.43. The van der Waals surface area contributed by atoms with Gasteiger partial charge in [-0.25, -0.2) is 4.79 Å². The molecule has 8 nitrogen and oxygen atoms in total. The van der Waals surface area contributed by atoms with Gasteiger partial charge in [0.25, 0.3) is 5.56 Å². The van der Waals surface area contributed by atoms with E-state index in [2.05, 4.69) is 14.9 Å². The van der Waals surface area contributed by atoms with Crippen molar-refractivity contribution in [2.75, 3.05) is 39.4 Å². The van der Waals surface area contributed by atoms with Gasteiger partial charge >= 0.3 is 5.69 Å². The fraction of sp³-hybridized carbons (Fsp3) is 0.737. The first-order valence-corrected chi connectivity index (χ1v) is 10.0. The van der Waals surface area contributed by atoms with Crippen molar-refractivity contribution in [2.45, 2.75) is 51.0 Å². The van der Waals surface area contributed by atoms with Crippen LogP contribution in [0.15, 0.2) is 14.6 Å². The Morgan fingerprint density at radius 1 is 1.15 bits per heavy atom. The Morgan fingerprint density at radius 2 is 1.85 bits per heavy atom. The van der Waals surface area contributed by atoms with E-state index in [-0.39, 0.29) is 17.5 Å².